The van der Waals surface area contributed by atoms with Gasteiger partial charge in [-0.15, -0.1) is 10.2 Å². The maximum atomic E-state index is 11.6. The number of sulfone groups is 1. The predicted octanol–water partition coefficient (Wildman–Crippen LogP) is 1.83. The Morgan fingerprint density at radius 1 is 1.43 bits per heavy atom. The van der Waals surface area contributed by atoms with E-state index in [1.807, 2.05) is 13.2 Å². The Balaban J connectivity index is 2.81. The number of thioether (sulfide) groups is 1. The zero-order valence-corrected chi connectivity index (χ0v) is 10.5. The third-order valence-corrected chi connectivity index (χ3v) is 5.74. The molecule has 1 aromatic heterocycles. The van der Waals surface area contributed by atoms with Gasteiger partial charge in [-0.05, 0) is 12.7 Å². The largest absolute Gasteiger partial charge is 0.233 e. The Labute approximate surface area is 92.1 Å². The molecule has 0 bridgehead atoms. The number of aromatic nitrogens is 2. The minimum Gasteiger partial charge on any atom is -0.221 e. The molecule has 0 N–H and O–H groups in total. The molecule has 0 atom stereocenters. The summed E-state index contributed by atoms with van der Waals surface area (Å²) in [7, 11) is -3.18. The molecule has 0 aromatic carbocycles. The molecule has 1 aromatic rings. The zero-order valence-electron chi connectivity index (χ0n) is 8.06. The standard InChI is InChI=1S/C7H12N2O2S3/c1-3-4-5-14(10,11)7-9-8-6(12-2)13-7/h3-5H2,1-2H3. The third kappa shape index (κ3) is 2.93. The molecule has 0 aliphatic heterocycles. The van der Waals surface area contributed by atoms with Crippen LogP contribution in [-0.2, 0) is 9.84 Å². The van der Waals surface area contributed by atoms with Gasteiger partial charge >= 0.3 is 0 Å². The van der Waals surface area contributed by atoms with E-state index in [-0.39, 0.29) is 10.1 Å². The monoisotopic (exact) mass is 252 g/mol. The fraction of sp³-hybridized carbons (Fsp3) is 0.714. The molecule has 0 saturated heterocycles. The van der Waals surface area contributed by atoms with Gasteiger partial charge in [-0.25, -0.2) is 8.42 Å². The second kappa shape index (κ2) is 5.09. The van der Waals surface area contributed by atoms with Crippen LogP contribution < -0.4 is 0 Å². The topological polar surface area (TPSA) is 59.9 Å². The van der Waals surface area contributed by atoms with Crippen molar-refractivity contribution in [3.05, 3.63) is 0 Å². The first kappa shape index (κ1) is 11.9. The van der Waals surface area contributed by atoms with Gasteiger partial charge in [-0.1, -0.05) is 36.4 Å². The maximum Gasteiger partial charge on any atom is 0.233 e. The predicted molar refractivity (Wildman–Crippen MR) is 58.7 cm³/mol. The number of unbranched alkanes of at least 4 members (excludes halogenated alkanes) is 1. The number of hydrogen-bond acceptors (Lipinski definition) is 6. The average Bonchev–Trinajstić information content (AvgIpc) is 2.63. The minimum atomic E-state index is -3.18. The molecular formula is C7H12N2O2S3. The van der Waals surface area contributed by atoms with Crippen molar-refractivity contribution < 1.29 is 8.42 Å². The van der Waals surface area contributed by atoms with Crippen molar-refractivity contribution >= 4 is 32.9 Å². The summed E-state index contributed by atoms with van der Waals surface area (Å²) in [6.45, 7) is 1.96. The van der Waals surface area contributed by atoms with Crippen LogP contribution in [-0.4, -0.2) is 30.6 Å². The highest BCUT2D eigenvalue weighted by Crippen LogP contribution is 2.23. The number of nitrogens with zero attached hydrogens (tertiary/aromatic N) is 2. The van der Waals surface area contributed by atoms with Crippen LogP contribution in [0.1, 0.15) is 19.8 Å². The molecule has 0 aliphatic rings. The molecule has 80 valence electrons. The van der Waals surface area contributed by atoms with E-state index >= 15 is 0 Å². The highest BCUT2D eigenvalue weighted by Gasteiger charge is 2.19. The van der Waals surface area contributed by atoms with E-state index in [0.29, 0.717) is 10.8 Å². The van der Waals surface area contributed by atoms with Crippen molar-refractivity contribution in [1.29, 1.82) is 0 Å². The zero-order chi connectivity index (χ0) is 10.6. The van der Waals surface area contributed by atoms with Crippen LogP contribution in [0.5, 0.6) is 0 Å². The molecule has 1 rings (SSSR count). The summed E-state index contributed by atoms with van der Waals surface area (Å²) in [6, 6.07) is 0. The fourth-order valence-corrected chi connectivity index (χ4v) is 3.99. The molecule has 0 fully saturated rings. The van der Waals surface area contributed by atoms with Crippen LogP contribution in [0, 0.1) is 0 Å². The van der Waals surface area contributed by atoms with Gasteiger partial charge < -0.3 is 0 Å². The summed E-state index contributed by atoms with van der Waals surface area (Å²) in [5, 5.41) is 7.43. The van der Waals surface area contributed by atoms with Gasteiger partial charge in [0.15, 0.2) is 4.34 Å². The summed E-state index contributed by atoms with van der Waals surface area (Å²) in [4.78, 5) is 0. The van der Waals surface area contributed by atoms with Crippen molar-refractivity contribution in [2.75, 3.05) is 12.0 Å². The lowest BCUT2D eigenvalue weighted by atomic mass is 10.4. The van der Waals surface area contributed by atoms with Gasteiger partial charge in [0.05, 0.1) is 5.75 Å². The van der Waals surface area contributed by atoms with Crippen LogP contribution in [0.25, 0.3) is 0 Å². The van der Waals surface area contributed by atoms with E-state index in [4.69, 9.17) is 0 Å². The second-order valence-electron chi connectivity index (χ2n) is 2.71. The molecule has 7 heteroatoms. The lowest BCUT2D eigenvalue weighted by Crippen LogP contribution is -2.05. The molecule has 1 heterocycles. The van der Waals surface area contributed by atoms with Crippen molar-refractivity contribution in [3.8, 4) is 0 Å². The molecule has 14 heavy (non-hydrogen) atoms. The third-order valence-electron chi connectivity index (χ3n) is 1.60. The van der Waals surface area contributed by atoms with Gasteiger partial charge in [0, 0.05) is 0 Å². The first-order valence-corrected chi connectivity index (χ1v) is 7.89. The highest BCUT2D eigenvalue weighted by atomic mass is 32.2. The van der Waals surface area contributed by atoms with Gasteiger partial charge in [0.25, 0.3) is 0 Å². The van der Waals surface area contributed by atoms with Crippen molar-refractivity contribution in [2.24, 2.45) is 0 Å². The average molecular weight is 252 g/mol. The minimum absolute atomic E-state index is 0.148. The Bertz CT molecular complexity index is 385. The van der Waals surface area contributed by atoms with Gasteiger partial charge in [0.1, 0.15) is 0 Å². The van der Waals surface area contributed by atoms with E-state index in [0.717, 1.165) is 17.8 Å². The molecule has 0 unspecified atom stereocenters. The Morgan fingerprint density at radius 3 is 2.64 bits per heavy atom. The molecule has 4 nitrogen and oxygen atoms in total. The van der Waals surface area contributed by atoms with E-state index in [9.17, 15) is 8.42 Å². The summed E-state index contributed by atoms with van der Waals surface area (Å²) in [6.07, 6.45) is 3.40. The van der Waals surface area contributed by atoms with Crippen LogP contribution in [0.15, 0.2) is 8.68 Å². The molecule has 0 radical (unpaired) electrons. The van der Waals surface area contributed by atoms with E-state index in [2.05, 4.69) is 10.2 Å². The summed E-state index contributed by atoms with van der Waals surface area (Å²) < 4.78 is 24.1. The highest BCUT2D eigenvalue weighted by molar-refractivity contribution is 8.01. The Kier molecular flexibility index (Phi) is 4.33. The number of rotatable bonds is 5. The first-order chi connectivity index (χ1) is 6.60. The van der Waals surface area contributed by atoms with Gasteiger partial charge in [0.2, 0.25) is 14.2 Å². The lowest BCUT2D eigenvalue weighted by molar-refractivity contribution is 0.590. The number of hydrogen-bond donors (Lipinski definition) is 0. The van der Waals surface area contributed by atoms with Crippen LogP contribution >= 0.6 is 23.1 Å². The lowest BCUT2D eigenvalue weighted by Gasteiger charge is -1.96. The van der Waals surface area contributed by atoms with Crippen molar-refractivity contribution in [3.63, 3.8) is 0 Å². The fourth-order valence-electron chi connectivity index (χ4n) is 0.827. The molecular weight excluding hydrogens is 240 g/mol. The second-order valence-corrected chi connectivity index (χ2v) is 7.02. The van der Waals surface area contributed by atoms with Gasteiger partial charge in [-0.2, -0.15) is 0 Å². The molecule has 0 aliphatic carbocycles. The normalized spacial score (nSPS) is 11.9. The quantitative estimate of drug-likeness (QED) is 0.748. The van der Waals surface area contributed by atoms with E-state index in [1.165, 1.54) is 11.8 Å². The van der Waals surface area contributed by atoms with E-state index < -0.39 is 9.84 Å². The summed E-state index contributed by atoms with van der Waals surface area (Å²) in [5.41, 5.74) is 0. The van der Waals surface area contributed by atoms with Gasteiger partial charge in [-0.3, -0.25) is 0 Å². The van der Waals surface area contributed by atoms with E-state index in [1.54, 1.807) is 0 Å². The Morgan fingerprint density at radius 2 is 2.14 bits per heavy atom. The molecule has 0 spiro atoms. The van der Waals surface area contributed by atoms with Crippen molar-refractivity contribution in [1.82, 2.24) is 10.2 Å². The summed E-state index contributed by atoms with van der Waals surface area (Å²) >= 11 is 2.55. The first-order valence-electron chi connectivity index (χ1n) is 4.20. The Hall–Kier alpha value is -0.140. The molecule has 0 saturated carbocycles. The SMILES string of the molecule is CCCCS(=O)(=O)c1nnc(SC)s1. The van der Waals surface area contributed by atoms with Crippen LogP contribution in [0.3, 0.4) is 0 Å². The molecule has 0 amide bonds. The summed E-state index contributed by atoms with van der Waals surface area (Å²) in [5.74, 6) is 0.173. The maximum absolute atomic E-state index is 11.6. The van der Waals surface area contributed by atoms with Crippen molar-refractivity contribution in [2.45, 2.75) is 28.4 Å². The van der Waals surface area contributed by atoms with Crippen LogP contribution in [0.4, 0.5) is 0 Å². The van der Waals surface area contributed by atoms with Crippen LogP contribution in [0.2, 0.25) is 0 Å². The smallest absolute Gasteiger partial charge is 0.221 e.